The van der Waals surface area contributed by atoms with Crippen molar-refractivity contribution in [2.45, 2.75) is 13.5 Å². The van der Waals surface area contributed by atoms with Crippen molar-refractivity contribution in [2.75, 3.05) is 7.11 Å². The van der Waals surface area contributed by atoms with Crippen LogP contribution in [0.25, 0.3) is 22.1 Å². The molecule has 9 heteroatoms. The lowest BCUT2D eigenvalue weighted by molar-refractivity contribution is 0.301. The molecule has 0 aliphatic carbocycles. The molecular weight excluding hydrogens is 376 g/mol. The number of aryl methyl sites for hydroxylation is 1. The van der Waals surface area contributed by atoms with Crippen LogP contribution in [0, 0.1) is 6.92 Å². The lowest BCUT2D eigenvalue weighted by atomic mass is 10.3. The lowest BCUT2D eigenvalue weighted by Gasteiger charge is -2.05. The molecule has 0 fully saturated rings. The second kappa shape index (κ2) is 6.61. The quantitative estimate of drug-likeness (QED) is 0.456. The third-order valence-electron chi connectivity index (χ3n) is 4.35. The van der Waals surface area contributed by atoms with Crippen LogP contribution in [0.5, 0.6) is 11.5 Å². The normalized spacial score (nSPS) is 11.4. The van der Waals surface area contributed by atoms with Crippen LogP contribution < -0.4 is 9.47 Å². The molecule has 0 aliphatic rings. The molecule has 0 radical (unpaired) electrons. The van der Waals surface area contributed by atoms with Crippen molar-refractivity contribution in [3.05, 3.63) is 59.4 Å². The van der Waals surface area contributed by atoms with Crippen molar-refractivity contribution in [1.29, 1.82) is 0 Å². The standard InChI is InChI=1S/C19H16N6O2S/c1-12-17(24-9-4-3-8-15(24)20-12)18-21-22-19-25(18)23-16(28-19)11-27-14-7-5-6-13(10-14)26-2/h3-10H,11H2,1-2H3. The summed E-state index contributed by atoms with van der Waals surface area (Å²) in [5.74, 6) is 2.14. The van der Waals surface area contributed by atoms with E-state index in [1.54, 1.807) is 11.6 Å². The molecule has 0 N–H and O–H groups in total. The van der Waals surface area contributed by atoms with Crippen molar-refractivity contribution in [1.82, 2.24) is 29.2 Å². The van der Waals surface area contributed by atoms with Gasteiger partial charge in [0.05, 0.1) is 12.8 Å². The Labute approximate surface area is 164 Å². The summed E-state index contributed by atoms with van der Waals surface area (Å²) in [6.07, 6.45) is 1.96. The molecular formula is C19H16N6O2S. The number of hydrogen-bond donors (Lipinski definition) is 0. The third kappa shape index (κ3) is 2.76. The van der Waals surface area contributed by atoms with Gasteiger partial charge in [-0.2, -0.15) is 9.61 Å². The molecule has 0 saturated carbocycles. The minimum atomic E-state index is 0.340. The number of methoxy groups -OCH3 is 1. The van der Waals surface area contributed by atoms with E-state index in [0.717, 1.165) is 33.5 Å². The summed E-state index contributed by atoms with van der Waals surface area (Å²) >= 11 is 1.45. The van der Waals surface area contributed by atoms with Gasteiger partial charge in [-0.3, -0.25) is 4.40 Å². The summed E-state index contributed by atoms with van der Waals surface area (Å²) in [5.41, 5.74) is 2.62. The first kappa shape index (κ1) is 16.7. The average molecular weight is 392 g/mol. The number of nitrogens with zero attached hydrogens (tertiary/aromatic N) is 6. The van der Waals surface area contributed by atoms with E-state index in [1.807, 2.05) is 60.0 Å². The Morgan fingerprint density at radius 1 is 1.07 bits per heavy atom. The Balaban J connectivity index is 1.48. The van der Waals surface area contributed by atoms with Gasteiger partial charge in [0.1, 0.15) is 29.4 Å². The fourth-order valence-electron chi connectivity index (χ4n) is 3.08. The highest BCUT2D eigenvalue weighted by Gasteiger charge is 2.19. The predicted octanol–water partition coefficient (Wildman–Crippen LogP) is 3.40. The van der Waals surface area contributed by atoms with Crippen LogP contribution in [0.3, 0.4) is 0 Å². The van der Waals surface area contributed by atoms with E-state index in [4.69, 9.17) is 9.47 Å². The van der Waals surface area contributed by atoms with Crippen LogP contribution in [0.2, 0.25) is 0 Å². The van der Waals surface area contributed by atoms with Crippen LogP contribution >= 0.6 is 11.3 Å². The molecule has 0 bridgehead atoms. The minimum absolute atomic E-state index is 0.340. The van der Waals surface area contributed by atoms with Crippen molar-refractivity contribution in [2.24, 2.45) is 0 Å². The Bertz CT molecular complexity index is 1290. The highest BCUT2D eigenvalue weighted by atomic mass is 32.1. The number of fused-ring (bicyclic) bond motifs is 2. The SMILES string of the molecule is COc1cccc(OCc2nn3c(-c4c(C)nc5ccccn45)nnc3s2)c1. The fraction of sp³-hybridized carbons (Fsp3) is 0.158. The number of ether oxygens (including phenoxy) is 2. The van der Waals surface area contributed by atoms with Gasteiger partial charge >= 0.3 is 0 Å². The molecule has 0 saturated heterocycles. The van der Waals surface area contributed by atoms with Gasteiger partial charge in [0.15, 0.2) is 5.01 Å². The third-order valence-corrected chi connectivity index (χ3v) is 5.22. The molecule has 5 aromatic rings. The summed E-state index contributed by atoms with van der Waals surface area (Å²) in [6, 6.07) is 13.4. The van der Waals surface area contributed by atoms with Crippen molar-refractivity contribution in [3.63, 3.8) is 0 Å². The summed E-state index contributed by atoms with van der Waals surface area (Å²) in [5, 5.41) is 14.1. The molecule has 1 aromatic carbocycles. The summed E-state index contributed by atoms with van der Waals surface area (Å²) in [7, 11) is 1.63. The number of rotatable bonds is 5. The van der Waals surface area contributed by atoms with E-state index < -0.39 is 0 Å². The molecule has 4 aromatic heterocycles. The smallest absolute Gasteiger partial charge is 0.235 e. The van der Waals surface area contributed by atoms with Crippen LogP contribution in [-0.4, -0.2) is 36.3 Å². The predicted molar refractivity (Wildman–Crippen MR) is 105 cm³/mol. The van der Waals surface area contributed by atoms with Gasteiger partial charge in [-0.05, 0) is 31.2 Å². The largest absolute Gasteiger partial charge is 0.497 e. The molecule has 0 amide bonds. The Hall–Kier alpha value is -3.46. The number of aromatic nitrogens is 6. The first-order valence-corrected chi connectivity index (χ1v) is 9.46. The second-order valence-corrected chi connectivity index (χ2v) is 7.20. The van der Waals surface area contributed by atoms with E-state index in [1.165, 1.54) is 11.3 Å². The maximum Gasteiger partial charge on any atom is 0.235 e. The molecule has 0 aliphatic heterocycles. The monoisotopic (exact) mass is 392 g/mol. The Morgan fingerprint density at radius 2 is 1.96 bits per heavy atom. The average Bonchev–Trinajstić information content (AvgIpc) is 3.38. The second-order valence-electron chi connectivity index (χ2n) is 6.16. The Kier molecular flexibility index (Phi) is 3.94. The van der Waals surface area contributed by atoms with Gasteiger partial charge in [0, 0.05) is 12.3 Å². The number of pyridine rings is 1. The summed E-state index contributed by atoms with van der Waals surface area (Å²) < 4.78 is 14.8. The highest BCUT2D eigenvalue weighted by molar-refractivity contribution is 7.16. The zero-order valence-corrected chi connectivity index (χ0v) is 16.1. The van der Waals surface area contributed by atoms with E-state index >= 15 is 0 Å². The van der Waals surface area contributed by atoms with Crippen molar-refractivity contribution in [3.8, 4) is 23.0 Å². The topological polar surface area (TPSA) is 78.8 Å². The van der Waals surface area contributed by atoms with Crippen molar-refractivity contribution >= 4 is 21.9 Å². The van der Waals surface area contributed by atoms with Gasteiger partial charge in [-0.15, -0.1) is 10.2 Å². The van der Waals surface area contributed by atoms with Gasteiger partial charge < -0.3 is 9.47 Å². The number of hydrogen-bond acceptors (Lipinski definition) is 7. The fourth-order valence-corrected chi connectivity index (χ4v) is 3.83. The van der Waals surface area contributed by atoms with Gasteiger partial charge in [-0.25, -0.2) is 4.98 Å². The first-order chi connectivity index (χ1) is 13.7. The van der Waals surface area contributed by atoms with E-state index in [2.05, 4.69) is 20.3 Å². The molecule has 4 heterocycles. The molecule has 140 valence electrons. The molecule has 0 unspecified atom stereocenters. The maximum atomic E-state index is 5.85. The van der Waals surface area contributed by atoms with Crippen LogP contribution in [-0.2, 0) is 6.61 Å². The number of benzene rings is 1. The molecule has 0 atom stereocenters. The van der Waals surface area contributed by atoms with Crippen LogP contribution in [0.15, 0.2) is 48.7 Å². The molecule has 8 nitrogen and oxygen atoms in total. The molecule has 28 heavy (non-hydrogen) atoms. The van der Waals surface area contributed by atoms with E-state index in [9.17, 15) is 0 Å². The minimum Gasteiger partial charge on any atom is -0.497 e. The van der Waals surface area contributed by atoms with Crippen LogP contribution in [0.4, 0.5) is 0 Å². The zero-order chi connectivity index (χ0) is 19.1. The Morgan fingerprint density at radius 3 is 2.86 bits per heavy atom. The lowest BCUT2D eigenvalue weighted by Crippen LogP contribution is -1.99. The first-order valence-electron chi connectivity index (χ1n) is 8.65. The molecule has 5 rings (SSSR count). The number of imidazole rings is 1. The van der Waals surface area contributed by atoms with E-state index in [-0.39, 0.29) is 0 Å². The maximum absolute atomic E-state index is 5.85. The molecule has 0 spiro atoms. The van der Waals surface area contributed by atoms with E-state index in [0.29, 0.717) is 17.4 Å². The summed E-state index contributed by atoms with van der Waals surface area (Å²) in [4.78, 5) is 5.31. The van der Waals surface area contributed by atoms with Crippen molar-refractivity contribution < 1.29 is 9.47 Å². The van der Waals surface area contributed by atoms with Gasteiger partial charge in [0.2, 0.25) is 10.8 Å². The highest BCUT2D eigenvalue weighted by Crippen LogP contribution is 2.26. The van der Waals surface area contributed by atoms with Crippen LogP contribution in [0.1, 0.15) is 10.7 Å². The zero-order valence-electron chi connectivity index (χ0n) is 15.2. The van der Waals surface area contributed by atoms with Gasteiger partial charge in [-0.1, -0.05) is 23.5 Å². The van der Waals surface area contributed by atoms with Gasteiger partial charge in [0.25, 0.3) is 0 Å². The summed E-state index contributed by atoms with van der Waals surface area (Å²) in [6.45, 7) is 2.30.